The summed E-state index contributed by atoms with van der Waals surface area (Å²) in [5.74, 6) is 1.72. The van der Waals surface area contributed by atoms with E-state index in [0.29, 0.717) is 30.3 Å². The number of benzene rings is 2. The molecular formula is C24H24N4O3. The number of hydrogen-bond acceptors (Lipinski definition) is 5. The van der Waals surface area contributed by atoms with Gasteiger partial charge in [-0.15, -0.1) is 0 Å². The lowest BCUT2D eigenvalue weighted by atomic mass is 10.2. The Labute approximate surface area is 180 Å². The van der Waals surface area contributed by atoms with E-state index in [1.54, 1.807) is 24.3 Å². The maximum atomic E-state index is 12.6. The van der Waals surface area contributed by atoms with Crippen LogP contribution in [0.4, 0.5) is 5.82 Å². The summed E-state index contributed by atoms with van der Waals surface area (Å²) in [5.41, 5.74) is 4.40. The van der Waals surface area contributed by atoms with Crippen molar-refractivity contribution in [3.05, 3.63) is 94.5 Å². The number of aryl methyl sites for hydroxylation is 3. The van der Waals surface area contributed by atoms with Crippen molar-refractivity contribution in [2.24, 2.45) is 0 Å². The standard InChI is InChI=1S/C24H24N4O3/c1-16-13-23(26-28(16)14-19-7-5-4-6-8-19)25-24(29)20-9-11-21(12-10-20)30-15-22-17(2)27-31-18(22)3/h4-13H,14-15H2,1-3H3,(H,25,26,29). The number of nitrogens with one attached hydrogen (secondary N) is 1. The smallest absolute Gasteiger partial charge is 0.256 e. The Bertz CT molecular complexity index is 1160. The maximum Gasteiger partial charge on any atom is 0.256 e. The van der Waals surface area contributed by atoms with E-state index in [1.807, 2.05) is 49.7 Å². The molecule has 0 unspecified atom stereocenters. The average molecular weight is 416 g/mol. The number of rotatable bonds is 7. The number of carbonyl (C=O) groups excluding carboxylic acids is 1. The number of aromatic nitrogens is 3. The van der Waals surface area contributed by atoms with E-state index >= 15 is 0 Å². The summed E-state index contributed by atoms with van der Waals surface area (Å²) in [5, 5.41) is 11.3. The molecule has 4 aromatic rings. The monoisotopic (exact) mass is 416 g/mol. The summed E-state index contributed by atoms with van der Waals surface area (Å²) in [4.78, 5) is 12.6. The van der Waals surface area contributed by atoms with Crippen molar-refractivity contribution in [2.75, 3.05) is 5.32 Å². The lowest BCUT2D eigenvalue weighted by Crippen LogP contribution is -2.13. The minimum absolute atomic E-state index is 0.221. The molecule has 0 fully saturated rings. The van der Waals surface area contributed by atoms with E-state index < -0.39 is 0 Å². The van der Waals surface area contributed by atoms with Crippen molar-refractivity contribution in [2.45, 2.75) is 33.9 Å². The Morgan fingerprint density at radius 1 is 1.06 bits per heavy atom. The molecule has 7 heteroatoms. The molecule has 0 spiro atoms. The number of nitrogens with zero attached hydrogens (tertiary/aromatic N) is 3. The van der Waals surface area contributed by atoms with Crippen LogP contribution in [0.5, 0.6) is 5.75 Å². The first-order chi connectivity index (χ1) is 15.0. The molecule has 2 aromatic carbocycles. The molecule has 2 aromatic heterocycles. The van der Waals surface area contributed by atoms with Gasteiger partial charge < -0.3 is 14.6 Å². The van der Waals surface area contributed by atoms with Crippen molar-refractivity contribution in [1.29, 1.82) is 0 Å². The van der Waals surface area contributed by atoms with Gasteiger partial charge in [-0.1, -0.05) is 35.5 Å². The second-order valence-electron chi connectivity index (χ2n) is 7.38. The molecule has 0 saturated heterocycles. The zero-order valence-corrected chi connectivity index (χ0v) is 17.8. The highest BCUT2D eigenvalue weighted by Gasteiger charge is 2.12. The molecule has 0 aliphatic carbocycles. The molecule has 2 heterocycles. The van der Waals surface area contributed by atoms with Crippen LogP contribution in [0.2, 0.25) is 0 Å². The topological polar surface area (TPSA) is 82.2 Å². The van der Waals surface area contributed by atoms with Crippen LogP contribution in [0.1, 0.15) is 38.6 Å². The SMILES string of the molecule is Cc1noc(C)c1COc1ccc(C(=O)Nc2cc(C)n(Cc3ccccc3)n2)cc1. The molecule has 158 valence electrons. The first-order valence-electron chi connectivity index (χ1n) is 10.0. The highest BCUT2D eigenvalue weighted by Crippen LogP contribution is 2.19. The van der Waals surface area contributed by atoms with Crippen LogP contribution in [0, 0.1) is 20.8 Å². The molecule has 1 amide bonds. The fourth-order valence-electron chi connectivity index (χ4n) is 3.24. The van der Waals surface area contributed by atoms with Crippen LogP contribution in [-0.4, -0.2) is 20.8 Å². The fourth-order valence-corrected chi connectivity index (χ4v) is 3.24. The Morgan fingerprint density at radius 3 is 2.48 bits per heavy atom. The number of amides is 1. The van der Waals surface area contributed by atoms with Gasteiger partial charge in [-0.2, -0.15) is 5.10 Å². The van der Waals surface area contributed by atoms with Gasteiger partial charge in [-0.05, 0) is 50.6 Å². The first kappa shape index (κ1) is 20.4. The third-order valence-electron chi connectivity index (χ3n) is 5.08. The van der Waals surface area contributed by atoms with Crippen molar-refractivity contribution in [3.63, 3.8) is 0 Å². The van der Waals surface area contributed by atoms with E-state index in [2.05, 4.69) is 27.7 Å². The Hall–Kier alpha value is -3.87. The molecule has 7 nitrogen and oxygen atoms in total. The van der Waals surface area contributed by atoms with Crippen LogP contribution in [0.3, 0.4) is 0 Å². The second kappa shape index (κ2) is 8.87. The Morgan fingerprint density at radius 2 is 1.81 bits per heavy atom. The maximum absolute atomic E-state index is 12.6. The summed E-state index contributed by atoms with van der Waals surface area (Å²) in [6, 6.07) is 18.9. The molecule has 0 radical (unpaired) electrons. The average Bonchev–Trinajstić information content (AvgIpc) is 3.28. The van der Waals surface area contributed by atoms with Crippen LogP contribution >= 0.6 is 0 Å². The third kappa shape index (κ3) is 4.83. The van der Waals surface area contributed by atoms with Gasteiger partial charge in [0.15, 0.2) is 5.82 Å². The normalized spacial score (nSPS) is 10.8. The quantitative estimate of drug-likeness (QED) is 0.473. The molecular weight excluding hydrogens is 392 g/mol. The number of ether oxygens (including phenoxy) is 1. The highest BCUT2D eigenvalue weighted by molar-refractivity contribution is 6.03. The lowest BCUT2D eigenvalue weighted by Gasteiger charge is -2.07. The molecule has 0 bridgehead atoms. The van der Waals surface area contributed by atoms with Crippen LogP contribution in [0.25, 0.3) is 0 Å². The van der Waals surface area contributed by atoms with E-state index in [4.69, 9.17) is 9.26 Å². The van der Waals surface area contributed by atoms with Crippen LogP contribution < -0.4 is 10.1 Å². The minimum Gasteiger partial charge on any atom is -0.489 e. The predicted molar refractivity (Wildman–Crippen MR) is 117 cm³/mol. The van der Waals surface area contributed by atoms with Crippen LogP contribution in [-0.2, 0) is 13.2 Å². The van der Waals surface area contributed by atoms with Crippen LogP contribution in [0.15, 0.2) is 65.2 Å². The number of anilines is 1. The van der Waals surface area contributed by atoms with Gasteiger partial charge in [0.25, 0.3) is 5.91 Å². The minimum atomic E-state index is -0.221. The number of carbonyl (C=O) groups is 1. The van der Waals surface area contributed by atoms with Gasteiger partial charge in [-0.25, -0.2) is 0 Å². The fraction of sp³-hybridized carbons (Fsp3) is 0.208. The third-order valence-corrected chi connectivity index (χ3v) is 5.08. The van der Waals surface area contributed by atoms with Crippen molar-refractivity contribution < 1.29 is 14.1 Å². The largest absolute Gasteiger partial charge is 0.489 e. The van der Waals surface area contributed by atoms with Gasteiger partial charge in [0.2, 0.25) is 0 Å². The Balaban J connectivity index is 1.37. The van der Waals surface area contributed by atoms with Gasteiger partial charge in [0, 0.05) is 17.3 Å². The molecule has 0 saturated carbocycles. The molecule has 0 atom stereocenters. The predicted octanol–water partition coefficient (Wildman–Crippen LogP) is 4.68. The van der Waals surface area contributed by atoms with Crippen molar-refractivity contribution >= 4 is 11.7 Å². The van der Waals surface area contributed by atoms with Gasteiger partial charge in [0.05, 0.1) is 17.8 Å². The summed E-state index contributed by atoms with van der Waals surface area (Å²) in [7, 11) is 0. The van der Waals surface area contributed by atoms with Crippen molar-refractivity contribution in [3.8, 4) is 5.75 Å². The second-order valence-corrected chi connectivity index (χ2v) is 7.38. The van der Waals surface area contributed by atoms with Gasteiger partial charge in [0.1, 0.15) is 18.1 Å². The lowest BCUT2D eigenvalue weighted by molar-refractivity contribution is 0.102. The summed E-state index contributed by atoms with van der Waals surface area (Å²) in [6.07, 6.45) is 0. The molecule has 4 rings (SSSR count). The molecule has 1 N–H and O–H groups in total. The van der Waals surface area contributed by atoms with E-state index in [9.17, 15) is 4.79 Å². The Kier molecular flexibility index (Phi) is 5.84. The van der Waals surface area contributed by atoms with E-state index in [1.165, 1.54) is 0 Å². The molecule has 0 aliphatic rings. The summed E-state index contributed by atoms with van der Waals surface area (Å²) in [6.45, 7) is 6.72. The van der Waals surface area contributed by atoms with Gasteiger partial charge in [-0.3, -0.25) is 9.48 Å². The van der Waals surface area contributed by atoms with Crippen molar-refractivity contribution in [1.82, 2.24) is 14.9 Å². The zero-order valence-electron chi connectivity index (χ0n) is 17.8. The molecule has 31 heavy (non-hydrogen) atoms. The van der Waals surface area contributed by atoms with Gasteiger partial charge >= 0.3 is 0 Å². The summed E-state index contributed by atoms with van der Waals surface area (Å²) >= 11 is 0. The zero-order chi connectivity index (χ0) is 21.8. The van der Waals surface area contributed by atoms with E-state index in [-0.39, 0.29) is 5.91 Å². The first-order valence-corrected chi connectivity index (χ1v) is 10.0. The molecule has 0 aliphatic heterocycles. The van der Waals surface area contributed by atoms with E-state index in [0.717, 1.165) is 28.3 Å². The number of hydrogen-bond donors (Lipinski definition) is 1. The highest BCUT2D eigenvalue weighted by atomic mass is 16.5. The summed E-state index contributed by atoms with van der Waals surface area (Å²) < 4.78 is 12.8.